The number of hydrogen-bond donors (Lipinski definition) is 1. The van der Waals surface area contributed by atoms with Crippen LogP contribution in [0.2, 0.25) is 0 Å². The van der Waals surface area contributed by atoms with Crippen molar-refractivity contribution >= 4 is 0 Å². The lowest BCUT2D eigenvalue weighted by Gasteiger charge is -2.29. The smallest absolute Gasteiger partial charge is 0.0952 e. The summed E-state index contributed by atoms with van der Waals surface area (Å²) in [4.78, 5) is 2.66. The topological polar surface area (TPSA) is 24.5 Å². The second-order valence-corrected chi connectivity index (χ2v) is 6.36. The molecule has 3 nitrogen and oxygen atoms in total. The Balaban J connectivity index is 1.41. The predicted molar refractivity (Wildman–Crippen MR) is 79.8 cm³/mol. The van der Waals surface area contributed by atoms with E-state index in [2.05, 4.69) is 34.5 Å². The highest BCUT2D eigenvalue weighted by Gasteiger charge is 2.37. The Morgan fingerprint density at radius 2 is 2.15 bits per heavy atom. The standard InChI is InChI=1S/C17H24N2O/c1-2-5-14-13(4-1)8-11-20-17(14)12-18-15-7-10-19-9-3-6-16(15)19/h1-2,4-5,15-18H,3,6-12H2. The molecule has 20 heavy (non-hydrogen) atoms. The minimum absolute atomic E-state index is 0.246. The summed E-state index contributed by atoms with van der Waals surface area (Å²) in [6.07, 6.45) is 5.37. The maximum absolute atomic E-state index is 6.00. The first kappa shape index (κ1) is 12.8. The van der Waals surface area contributed by atoms with Crippen LogP contribution in [0.25, 0.3) is 0 Å². The van der Waals surface area contributed by atoms with Crippen LogP contribution in [0.4, 0.5) is 0 Å². The molecule has 3 aliphatic heterocycles. The quantitative estimate of drug-likeness (QED) is 0.912. The van der Waals surface area contributed by atoms with Crippen molar-refractivity contribution in [3.05, 3.63) is 35.4 Å². The number of rotatable bonds is 3. The molecule has 3 heteroatoms. The molecule has 0 saturated carbocycles. The van der Waals surface area contributed by atoms with Gasteiger partial charge in [0.2, 0.25) is 0 Å². The van der Waals surface area contributed by atoms with Crippen molar-refractivity contribution in [3.8, 4) is 0 Å². The molecule has 1 N–H and O–H groups in total. The van der Waals surface area contributed by atoms with Gasteiger partial charge in [-0.3, -0.25) is 4.90 Å². The van der Waals surface area contributed by atoms with E-state index < -0.39 is 0 Å². The van der Waals surface area contributed by atoms with Crippen LogP contribution in [-0.4, -0.2) is 43.2 Å². The molecular formula is C17H24N2O. The molecule has 3 heterocycles. The van der Waals surface area contributed by atoms with E-state index in [9.17, 15) is 0 Å². The molecule has 108 valence electrons. The monoisotopic (exact) mass is 272 g/mol. The summed E-state index contributed by atoms with van der Waals surface area (Å²) in [5, 5.41) is 3.80. The Labute approximate surface area is 121 Å². The van der Waals surface area contributed by atoms with Gasteiger partial charge in [0, 0.05) is 25.2 Å². The van der Waals surface area contributed by atoms with E-state index in [4.69, 9.17) is 4.74 Å². The van der Waals surface area contributed by atoms with Gasteiger partial charge in [-0.1, -0.05) is 24.3 Å². The van der Waals surface area contributed by atoms with Crippen molar-refractivity contribution in [2.45, 2.75) is 43.9 Å². The zero-order valence-corrected chi connectivity index (χ0v) is 12.1. The summed E-state index contributed by atoms with van der Waals surface area (Å²) >= 11 is 0. The van der Waals surface area contributed by atoms with Crippen LogP contribution in [-0.2, 0) is 11.2 Å². The molecule has 0 bridgehead atoms. The summed E-state index contributed by atoms with van der Waals surface area (Å²) in [6.45, 7) is 4.42. The van der Waals surface area contributed by atoms with Gasteiger partial charge in [0.05, 0.1) is 12.7 Å². The normalized spacial score (nSPS) is 33.1. The molecular weight excluding hydrogens is 248 g/mol. The lowest BCUT2D eigenvalue weighted by molar-refractivity contribution is 0.0400. The third-order valence-corrected chi connectivity index (χ3v) is 5.26. The average Bonchev–Trinajstić information content (AvgIpc) is 3.09. The Morgan fingerprint density at radius 1 is 1.20 bits per heavy atom. The summed E-state index contributed by atoms with van der Waals surface area (Å²) in [6, 6.07) is 10.2. The fourth-order valence-corrected chi connectivity index (χ4v) is 4.22. The van der Waals surface area contributed by atoms with E-state index in [1.165, 1.54) is 43.5 Å². The second kappa shape index (κ2) is 5.47. The van der Waals surface area contributed by atoms with Gasteiger partial charge in [0.15, 0.2) is 0 Å². The second-order valence-electron chi connectivity index (χ2n) is 6.36. The van der Waals surface area contributed by atoms with E-state index in [1.807, 2.05) is 0 Å². The molecule has 0 aromatic heterocycles. The molecule has 0 amide bonds. The zero-order valence-electron chi connectivity index (χ0n) is 12.1. The zero-order chi connectivity index (χ0) is 13.4. The minimum Gasteiger partial charge on any atom is -0.372 e. The fraction of sp³-hybridized carbons (Fsp3) is 0.647. The molecule has 3 unspecified atom stereocenters. The maximum Gasteiger partial charge on any atom is 0.0952 e. The van der Waals surface area contributed by atoms with Gasteiger partial charge in [-0.05, 0) is 43.4 Å². The molecule has 3 atom stereocenters. The van der Waals surface area contributed by atoms with Crippen molar-refractivity contribution in [3.63, 3.8) is 0 Å². The molecule has 2 fully saturated rings. The van der Waals surface area contributed by atoms with Gasteiger partial charge >= 0.3 is 0 Å². The third-order valence-electron chi connectivity index (χ3n) is 5.26. The van der Waals surface area contributed by atoms with E-state index in [1.54, 1.807) is 0 Å². The Morgan fingerprint density at radius 3 is 3.15 bits per heavy atom. The summed E-state index contributed by atoms with van der Waals surface area (Å²) in [7, 11) is 0. The Hall–Kier alpha value is -0.900. The van der Waals surface area contributed by atoms with Crippen molar-refractivity contribution in [2.24, 2.45) is 0 Å². The van der Waals surface area contributed by atoms with Gasteiger partial charge in [-0.25, -0.2) is 0 Å². The Bertz CT molecular complexity index is 476. The maximum atomic E-state index is 6.00. The van der Waals surface area contributed by atoms with Crippen molar-refractivity contribution < 1.29 is 4.74 Å². The number of ether oxygens (including phenoxy) is 1. The van der Waals surface area contributed by atoms with Crippen LogP contribution in [0, 0.1) is 0 Å². The van der Waals surface area contributed by atoms with Gasteiger partial charge in [0.25, 0.3) is 0 Å². The first-order valence-corrected chi connectivity index (χ1v) is 8.08. The molecule has 1 aromatic rings. The van der Waals surface area contributed by atoms with Crippen LogP contribution in [0.3, 0.4) is 0 Å². The lowest BCUT2D eigenvalue weighted by atomic mass is 9.97. The average molecular weight is 272 g/mol. The molecule has 1 aromatic carbocycles. The number of nitrogens with one attached hydrogen (secondary N) is 1. The summed E-state index contributed by atoms with van der Waals surface area (Å²) in [5.41, 5.74) is 2.87. The van der Waals surface area contributed by atoms with E-state index in [-0.39, 0.29) is 6.10 Å². The van der Waals surface area contributed by atoms with Crippen LogP contribution in [0.1, 0.15) is 36.5 Å². The molecule has 0 aliphatic carbocycles. The first-order valence-electron chi connectivity index (χ1n) is 8.08. The first-order chi connectivity index (χ1) is 9.92. The predicted octanol–water partition coefficient (Wildman–Crippen LogP) is 2.13. The van der Waals surface area contributed by atoms with Gasteiger partial charge < -0.3 is 10.1 Å². The van der Waals surface area contributed by atoms with Crippen molar-refractivity contribution in [1.29, 1.82) is 0 Å². The Kier molecular flexibility index (Phi) is 3.51. The van der Waals surface area contributed by atoms with Crippen molar-refractivity contribution in [2.75, 3.05) is 26.2 Å². The minimum atomic E-state index is 0.246. The molecule has 4 rings (SSSR count). The SMILES string of the molecule is c1ccc2c(c1)CCOC2CNC1CCN2CCCC12. The molecule has 0 spiro atoms. The molecule has 0 radical (unpaired) electrons. The number of fused-ring (bicyclic) bond motifs is 2. The van der Waals surface area contributed by atoms with E-state index in [0.29, 0.717) is 6.04 Å². The highest BCUT2D eigenvalue weighted by atomic mass is 16.5. The van der Waals surface area contributed by atoms with Crippen LogP contribution < -0.4 is 5.32 Å². The largest absolute Gasteiger partial charge is 0.372 e. The van der Waals surface area contributed by atoms with E-state index in [0.717, 1.165) is 25.6 Å². The number of benzene rings is 1. The summed E-state index contributed by atoms with van der Waals surface area (Å²) < 4.78 is 6.00. The highest BCUT2D eigenvalue weighted by molar-refractivity contribution is 5.31. The van der Waals surface area contributed by atoms with Crippen molar-refractivity contribution in [1.82, 2.24) is 10.2 Å². The van der Waals surface area contributed by atoms with Crippen LogP contribution in [0.5, 0.6) is 0 Å². The molecule has 2 saturated heterocycles. The molecule has 3 aliphatic rings. The van der Waals surface area contributed by atoms with Gasteiger partial charge in [-0.2, -0.15) is 0 Å². The van der Waals surface area contributed by atoms with Gasteiger partial charge in [0.1, 0.15) is 0 Å². The van der Waals surface area contributed by atoms with Crippen LogP contribution in [0.15, 0.2) is 24.3 Å². The van der Waals surface area contributed by atoms with Crippen LogP contribution >= 0.6 is 0 Å². The van der Waals surface area contributed by atoms with Gasteiger partial charge in [-0.15, -0.1) is 0 Å². The van der Waals surface area contributed by atoms with E-state index >= 15 is 0 Å². The lowest BCUT2D eigenvalue weighted by Crippen LogP contribution is -2.41. The fourth-order valence-electron chi connectivity index (χ4n) is 4.22. The third kappa shape index (κ3) is 2.28. The number of hydrogen-bond acceptors (Lipinski definition) is 3. The summed E-state index contributed by atoms with van der Waals surface area (Å²) in [5.74, 6) is 0. The highest BCUT2D eigenvalue weighted by Crippen LogP contribution is 2.30. The number of nitrogens with zero attached hydrogens (tertiary/aromatic N) is 1.